The van der Waals surface area contributed by atoms with E-state index in [1.54, 1.807) is 6.92 Å². The molecule has 2 heteroatoms. The Bertz CT molecular complexity index is 179. The number of carbonyl (C=O) groups excluding carboxylic acids is 1. The molecule has 1 rings (SSSR count). The molecule has 0 aromatic heterocycles. The van der Waals surface area contributed by atoms with Crippen molar-refractivity contribution < 1.29 is 4.79 Å². The van der Waals surface area contributed by atoms with Crippen LogP contribution in [0.5, 0.6) is 0 Å². The summed E-state index contributed by atoms with van der Waals surface area (Å²) < 4.78 is 0. The standard InChI is InChI=1S/C11H21NO/c1-4-9(2)11-6-5-7-12(8-11)10(3)13/h9,11H,4-8H2,1-3H3/t9-,11?/m0/s1. The molecule has 1 unspecified atom stereocenters. The van der Waals surface area contributed by atoms with E-state index in [2.05, 4.69) is 13.8 Å². The second kappa shape index (κ2) is 4.64. The molecule has 1 heterocycles. The van der Waals surface area contributed by atoms with Gasteiger partial charge < -0.3 is 4.90 Å². The van der Waals surface area contributed by atoms with Crippen LogP contribution in [0.2, 0.25) is 0 Å². The fourth-order valence-electron chi connectivity index (χ4n) is 2.09. The van der Waals surface area contributed by atoms with Gasteiger partial charge in [0.15, 0.2) is 0 Å². The largest absolute Gasteiger partial charge is 0.343 e. The molecule has 76 valence electrons. The van der Waals surface area contributed by atoms with Gasteiger partial charge in [0.2, 0.25) is 5.91 Å². The maximum atomic E-state index is 11.2. The lowest BCUT2D eigenvalue weighted by Crippen LogP contribution is -2.40. The van der Waals surface area contributed by atoms with E-state index >= 15 is 0 Å². The van der Waals surface area contributed by atoms with Gasteiger partial charge in [-0.2, -0.15) is 0 Å². The number of hydrogen-bond acceptors (Lipinski definition) is 1. The first-order chi connectivity index (χ1) is 6.15. The van der Waals surface area contributed by atoms with Crippen molar-refractivity contribution >= 4 is 5.91 Å². The molecule has 1 aliphatic heterocycles. The van der Waals surface area contributed by atoms with E-state index in [0.29, 0.717) is 0 Å². The van der Waals surface area contributed by atoms with Crippen LogP contribution in [0.1, 0.15) is 40.0 Å². The third-order valence-electron chi connectivity index (χ3n) is 3.35. The van der Waals surface area contributed by atoms with Crippen LogP contribution < -0.4 is 0 Å². The lowest BCUT2D eigenvalue weighted by Gasteiger charge is -2.35. The third kappa shape index (κ3) is 2.71. The maximum Gasteiger partial charge on any atom is 0.219 e. The summed E-state index contributed by atoms with van der Waals surface area (Å²) in [6, 6.07) is 0. The number of likely N-dealkylation sites (tertiary alicyclic amines) is 1. The smallest absolute Gasteiger partial charge is 0.219 e. The Balaban J connectivity index is 2.46. The number of nitrogens with zero attached hydrogens (tertiary/aromatic N) is 1. The van der Waals surface area contributed by atoms with Crippen LogP contribution in [-0.4, -0.2) is 23.9 Å². The molecule has 0 aromatic carbocycles. The topological polar surface area (TPSA) is 20.3 Å². The SMILES string of the molecule is CC[C@H](C)C1CCCN(C(C)=O)C1. The molecule has 0 spiro atoms. The highest BCUT2D eigenvalue weighted by molar-refractivity contribution is 5.73. The van der Waals surface area contributed by atoms with E-state index in [-0.39, 0.29) is 5.91 Å². The van der Waals surface area contributed by atoms with E-state index in [9.17, 15) is 4.79 Å². The van der Waals surface area contributed by atoms with Crippen molar-refractivity contribution in [3.8, 4) is 0 Å². The summed E-state index contributed by atoms with van der Waals surface area (Å²) in [6.45, 7) is 8.18. The minimum Gasteiger partial charge on any atom is -0.343 e. The van der Waals surface area contributed by atoms with Gasteiger partial charge in [0.05, 0.1) is 0 Å². The van der Waals surface area contributed by atoms with Crippen molar-refractivity contribution in [2.24, 2.45) is 11.8 Å². The summed E-state index contributed by atoms with van der Waals surface area (Å²) in [5.41, 5.74) is 0. The number of rotatable bonds is 2. The van der Waals surface area contributed by atoms with Gasteiger partial charge >= 0.3 is 0 Å². The van der Waals surface area contributed by atoms with Crippen LogP contribution in [0, 0.1) is 11.8 Å². The second-order valence-corrected chi connectivity index (χ2v) is 4.25. The van der Waals surface area contributed by atoms with Crippen molar-refractivity contribution in [2.75, 3.05) is 13.1 Å². The van der Waals surface area contributed by atoms with Gasteiger partial charge in [0.1, 0.15) is 0 Å². The summed E-state index contributed by atoms with van der Waals surface area (Å²) in [5, 5.41) is 0. The highest BCUT2D eigenvalue weighted by atomic mass is 16.2. The maximum absolute atomic E-state index is 11.2. The lowest BCUT2D eigenvalue weighted by molar-refractivity contribution is -0.131. The highest BCUT2D eigenvalue weighted by Gasteiger charge is 2.24. The van der Waals surface area contributed by atoms with Crippen molar-refractivity contribution in [3.05, 3.63) is 0 Å². The van der Waals surface area contributed by atoms with Crippen molar-refractivity contribution in [3.63, 3.8) is 0 Å². The molecule has 1 fully saturated rings. The number of piperidine rings is 1. The first-order valence-electron chi connectivity index (χ1n) is 5.40. The predicted octanol–water partition coefficient (Wildman–Crippen LogP) is 2.29. The lowest BCUT2D eigenvalue weighted by atomic mass is 9.85. The van der Waals surface area contributed by atoms with E-state index < -0.39 is 0 Å². The number of hydrogen-bond donors (Lipinski definition) is 0. The molecule has 0 bridgehead atoms. The van der Waals surface area contributed by atoms with E-state index in [4.69, 9.17) is 0 Å². The molecule has 1 amide bonds. The quantitative estimate of drug-likeness (QED) is 0.643. The summed E-state index contributed by atoms with van der Waals surface area (Å²) in [4.78, 5) is 13.2. The first kappa shape index (κ1) is 10.6. The Hall–Kier alpha value is -0.530. The summed E-state index contributed by atoms with van der Waals surface area (Å²) >= 11 is 0. The Morgan fingerprint density at radius 1 is 1.62 bits per heavy atom. The van der Waals surface area contributed by atoms with Crippen LogP contribution in [0.3, 0.4) is 0 Å². The summed E-state index contributed by atoms with van der Waals surface area (Å²) in [7, 11) is 0. The highest BCUT2D eigenvalue weighted by Crippen LogP contribution is 2.25. The van der Waals surface area contributed by atoms with Crippen LogP contribution in [0.25, 0.3) is 0 Å². The number of amides is 1. The molecule has 0 saturated carbocycles. The fourth-order valence-corrected chi connectivity index (χ4v) is 2.09. The van der Waals surface area contributed by atoms with Crippen molar-refractivity contribution in [1.82, 2.24) is 4.90 Å². The molecule has 1 aliphatic rings. The molecule has 0 aliphatic carbocycles. The minimum absolute atomic E-state index is 0.244. The molecule has 0 aromatic rings. The molecule has 0 radical (unpaired) electrons. The normalized spacial score (nSPS) is 25.8. The van der Waals surface area contributed by atoms with Crippen LogP contribution in [0.4, 0.5) is 0 Å². The summed E-state index contributed by atoms with van der Waals surface area (Å²) in [5.74, 6) is 1.75. The third-order valence-corrected chi connectivity index (χ3v) is 3.35. The molecular weight excluding hydrogens is 162 g/mol. The van der Waals surface area contributed by atoms with Crippen molar-refractivity contribution in [1.29, 1.82) is 0 Å². The van der Waals surface area contributed by atoms with E-state index in [1.807, 2.05) is 4.90 Å². The monoisotopic (exact) mass is 183 g/mol. The zero-order chi connectivity index (χ0) is 9.84. The molecule has 0 N–H and O–H groups in total. The van der Waals surface area contributed by atoms with Crippen LogP contribution >= 0.6 is 0 Å². The summed E-state index contributed by atoms with van der Waals surface area (Å²) in [6.07, 6.45) is 3.73. The van der Waals surface area contributed by atoms with E-state index in [1.165, 1.54) is 19.3 Å². The predicted molar refractivity (Wildman–Crippen MR) is 54.4 cm³/mol. The van der Waals surface area contributed by atoms with Gasteiger partial charge in [0.25, 0.3) is 0 Å². The fraction of sp³-hybridized carbons (Fsp3) is 0.909. The van der Waals surface area contributed by atoms with Gasteiger partial charge in [-0.05, 0) is 24.7 Å². The van der Waals surface area contributed by atoms with Crippen LogP contribution in [-0.2, 0) is 4.79 Å². The number of carbonyl (C=O) groups is 1. The van der Waals surface area contributed by atoms with Crippen molar-refractivity contribution in [2.45, 2.75) is 40.0 Å². The Morgan fingerprint density at radius 3 is 2.85 bits per heavy atom. The Kier molecular flexibility index (Phi) is 3.76. The van der Waals surface area contributed by atoms with Gasteiger partial charge in [-0.15, -0.1) is 0 Å². The molecule has 1 saturated heterocycles. The molecular formula is C11H21NO. The Labute approximate surface area is 81.3 Å². The van der Waals surface area contributed by atoms with Gasteiger partial charge in [0, 0.05) is 20.0 Å². The average Bonchev–Trinajstić information content (AvgIpc) is 2.17. The van der Waals surface area contributed by atoms with E-state index in [0.717, 1.165) is 24.9 Å². The molecule has 13 heavy (non-hydrogen) atoms. The first-order valence-corrected chi connectivity index (χ1v) is 5.40. The van der Waals surface area contributed by atoms with Crippen LogP contribution in [0.15, 0.2) is 0 Å². The van der Waals surface area contributed by atoms with Gasteiger partial charge in [-0.3, -0.25) is 4.79 Å². The zero-order valence-corrected chi connectivity index (χ0v) is 9.05. The average molecular weight is 183 g/mol. The minimum atomic E-state index is 0.244. The molecule has 2 nitrogen and oxygen atoms in total. The molecule has 2 atom stereocenters. The Morgan fingerprint density at radius 2 is 2.31 bits per heavy atom. The van der Waals surface area contributed by atoms with Gasteiger partial charge in [-0.1, -0.05) is 20.3 Å². The van der Waals surface area contributed by atoms with Gasteiger partial charge in [-0.25, -0.2) is 0 Å². The zero-order valence-electron chi connectivity index (χ0n) is 9.05. The second-order valence-electron chi connectivity index (χ2n) is 4.25.